The maximum Gasteiger partial charge on any atom is 0.326 e. The van der Waals surface area contributed by atoms with E-state index in [-0.39, 0.29) is 18.9 Å². The summed E-state index contributed by atoms with van der Waals surface area (Å²) in [4.78, 5) is 26.3. The van der Waals surface area contributed by atoms with Gasteiger partial charge in [-0.05, 0) is 35.1 Å². The first-order valence-electron chi connectivity index (χ1n) is 7.14. The second-order valence-corrected chi connectivity index (χ2v) is 6.88. The molecule has 1 aromatic heterocycles. The van der Waals surface area contributed by atoms with E-state index in [1.54, 1.807) is 0 Å². The Hall–Kier alpha value is -1.80. The van der Waals surface area contributed by atoms with Gasteiger partial charge in [-0.25, -0.2) is 4.79 Å². The molecule has 0 fully saturated rings. The molecule has 3 rings (SSSR count). The summed E-state index contributed by atoms with van der Waals surface area (Å²) in [5, 5.41) is 13.5. The minimum Gasteiger partial charge on any atom is -0.480 e. The normalized spacial score (nSPS) is 17.0. The first-order valence-corrected chi connectivity index (χ1v) is 8.70. The van der Waals surface area contributed by atoms with Crippen LogP contribution >= 0.6 is 27.5 Å². The van der Waals surface area contributed by atoms with Crippen LogP contribution < -0.4 is 0 Å². The average molecular weight is 396 g/mol. The van der Waals surface area contributed by atoms with E-state index < -0.39 is 12.0 Å². The number of amides is 1. The monoisotopic (exact) mass is 395 g/mol. The summed E-state index contributed by atoms with van der Waals surface area (Å²) in [7, 11) is 0. The largest absolute Gasteiger partial charge is 0.480 e. The van der Waals surface area contributed by atoms with E-state index in [1.165, 1.54) is 4.90 Å². The summed E-state index contributed by atoms with van der Waals surface area (Å²) in [5.74, 6) is -1.31. The fourth-order valence-corrected chi connectivity index (χ4v) is 4.02. The number of carbonyl (C=O) groups excluding carboxylic acids is 1. The molecule has 1 atom stereocenters. The van der Waals surface area contributed by atoms with Gasteiger partial charge in [-0.2, -0.15) is 0 Å². The first kappa shape index (κ1) is 16.1. The summed E-state index contributed by atoms with van der Waals surface area (Å²) >= 11 is 4.48. The van der Waals surface area contributed by atoms with Crippen molar-refractivity contribution in [1.82, 2.24) is 14.5 Å². The summed E-state index contributed by atoms with van der Waals surface area (Å²) < 4.78 is 4.70. The van der Waals surface area contributed by atoms with Crippen LogP contribution in [0.3, 0.4) is 0 Å². The van der Waals surface area contributed by atoms with Gasteiger partial charge < -0.3 is 10.0 Å². The number of hydrogen-bond donors (Lipinski definition) is 1. The second kappa shape index (κ2) is 6.37. The van der Waals surface area contributed by atoms with Crippen molar-refractivity contribution in [1.29, 1.82) is 0 Å². The molecular formula is C15H14BrN3O3S. The van der Waals surface area contributed by atoms with E-state index in [9.17, 15) is 14.7 Å². The van der Waals surface area contributed by atoms with Crippen LogP contribution in [-0.4, -0.2) is 37.5 Å². The number of hydrogen-bond acceptors (Lipinski definition) is 5. The van der Waals surface area contributed by atoms with Crippen molar-refractivity contribution in [3.63, 3.8) is 0 Å². The van der Waals surface area contributed by atoms with Crippen molar-refractivity contribution in [3.8, 4) is 0 Å². The number of aliphatic carboxylic acids is 1. The van der Waals surface area contributed by atoms with Gasteiger partial charge in [0.15, 0.2) is 0 Å². The lowest BCUT2D eigenvalue weighted by atomic mass is 9.93. The minimum absolute atomic E-state index is 0.269. The number of fused-ring (bicyclic) bond motifs is 1. The highest BCUT2D eigenvalue weighted by atomic mass is 79.9. The van der Waals surface area contributed by atoms with Crippen LogP contribution in [0.15, 0.2) is 22.7 Å². The molecule has 1 aliphatic rings. The standard InChI is InChI=1S/C15H14BrN3O3S/c1-2-11-13(23-18-17-11)14(20)19-7-8-4-3-5-10(16)9(8)6-12(19)15(21)22/h3-5,12H,2,6-7H2,1H3,(H,21,22). The molecule has 0 spiro atoms. The molecule has 8 heteroatoms. The molecule has 2 heterocycles. The van der Waals surface area contributed by atoms with Crippen molar-refractivity contribution < 1.29 is 14.7 Å². The third-order valence-electron chi connectivity index (χ3n) is 3.96. The highest BCUT2D eigenvalue weighted by molar-refractivity contribution is 9.10. The molecule has 1 N–H and O–H groups in total. The molecule has 23 heavy (non-hydrogen) atoms. The van der Waals surface area contributed by atoms with Crippen molar-refractivity contribution in [2.24, 2.45) is 0 Å². The lowest BCUT2D eigenvalue weighted by Crippen LogP contribution is -2.48. The maximum atomic E-state index is 12.8. The molecule has 0 saturated heterocycles. The zero-order valence-electron chi connectivity index (χ0n) is 12.3. The molecule has 1 amide bonds. The molecule has 0 saturated carbocycles. The van der Waals surface area contributed by atoms with Gasteiger partial charge in [0.1, 0.15) is 10.9 Å². The zero-order valence-corrected chi connectivity index (χ0v) is 14.7. The number of rotatable bonds is 3. The Morgan fingerprint density at radius 2 is 2.26 bits per heavy atom. The number of carbonyl (C=O) groups is 2. The average Bonchev–Trinajstić information content (AvgIpc) is 3.02. The van der Waals surface area contributed by atoms with Crippen LogP contribution in [0.25, 0.3) is 0 Å². The number of carboxylic acids is 1. The van der Waals surface area contributed by atoms with Gasteiger partial charge >= 0.3 is 5.97 Å². The third-order valence-corrected chi connectivity index (χ3v) is 5.46. The second-order valence-electron chi connectivity index (χ2n) is 5.27. The Labute approximate surface area is 145 Å². The summed E-state index contributed by atoms with van der Waals surface area (Å²) in [5.41, 5.74) is 2.52. The number of halogens is 1. The Morgan fingerprint density at radius 3 is 2.96 bits per heavy atom. The molecule has 1 aliphatic heterocycles. The van der Waals surface area contributed by atoms with Gasteiger partial charge in [0.2, 0.25) is 0 Å². The molecule has 1 aromatic carbocycles. The van der Waals surface area contributed by atoms with E-state index >= 15 is 0 Å². The van der Waals surface area contributed by atoms with E-state index in [1.807, 2.05) is 25.1 Å². The third kappa shape index (κ3) is 2.88. The number of benzene rings is 1. The van der Waals surface area contributed by atoms with Crippen molar-refractivity contribution >= 4 is 39.3 Å². The van der Waals surface area contributed by atoms with E-state index in [0.717, 1.165) is 27.1 Å². The quantitative estimate of drug-likeness (QED) is 0.862. The van der Waals surface area contributed by atoms with E-state index in [2.05, 4.69) is 25.5 Å². The number of carboxylic acid groups (broad SMARTS) is 1. The Kier molecular flexibility index (Phi) is 4.45. The van der Waals surface area contributed by atoms with Gasteiger partial charge in [-0.1, -0.05) is 39.5 Å². The molecule has 6 nitrogen and oxygen atoms in total. The van der Waals surface area contributed by atoms with Crippen LogP contribution in [-0.2, 0) is 24.2 Å². The van der Waals surface area contributed by atoms with Crippen LogP contribution in [0, 0.1) is 0 Å². The number of nitrogens with zero attached hydrogens (tertiary/aromatic N) is 3. The molecular weight excluding hydrogens is 382 g/mol. The number of aryl methyl sites for hydroxylation is 1. The number of aromatic nitrogens is 2. The molecule has 2 aromatic rings. The SMILES string of the molecule is CCc1nnsc1C(=O)N1Cc2cccc(Br)c2CC1C(=O)O. The van der Waals surface area contributed by atoms with Gasteiger partial charge in [0, 0.05) is 17.4 Å². The Bertz CT molecular complexity index is 777. The predicted octanol–water partition coefficient (Wildman–Crippen LogP) is 2.51. The fourth-order valence-electron chi connectivity index (χ4n) is 2.74. The molecule has 120 valence electrons. The topological polar surface area (TPSA) is 83.4 Å². The van der Waals surface area contributed by atoms with Crippen molar-refractivity contribution in [3.05, 3.63) is 44.4 Å². The molecule has 0 bridgehead atoms. The van der Waals surface area contributed by atoms with Gasteiger partial charge in [-0.15, -0.1) is 5.10 Å². The lowest BCUT2D eigenvalue weighted by Gasteiger charge is -2.34. The summed E-state index contributed by atoms with van der Waals surface area (Å²) in [6.07, 6.45) is 0.872. The lowest BCUT2D eigenvalue weighted by molar-refractivity contribution is -0.142. The van der Waals surface area contributed by atoms with Gasteiger partial charge in [0.25, 0.3) is 5.91 Å². The van der Waals surface area contributed by atoms with Crippen molar-refractivity contribution in [2.75, 3.05) is 0 Å². The molecule has 1 unspecified atom stereocenters. The Balaban J connectivity index is 2.00. The zero-order chi connectivity index (χ0) is 16.6. The highest BCUT2D eigenvalue weighted by Gasteiger charge is 2.37. The fraction of sp³-hybridized carbons (Fsp3) is 0.333. The minimum atomic E-state index is -1.00. The van der Waals surface area contributed by atoms with Crippen LogP contribution in [0.5, 0.6) is 0 Å². The van der Waals surface area contributed by atoms with Gasteiger partial charge in [0.05, 0.1) is 5.69 Å². The van der Waals surface area contributed by atoms with E-state index in [0.29, 0.717) is 17.0 Å². The molecule has 0 aliphatic carbocycles. The van der Waals surface area contributed by atoms with Crippen molar-refractivity contribution in [2.45, 2.75) is 32.4 Å². The van der Waals surface area contributed by atoms with Gasteiger partial charge in [-0.3, -0.25) is 4.79 Å². The van der Waals surface area contributed by atoms with Crippen LogP contribution in [0.2, 0.25) is 0 Å². The van der Waals surface area contributed by atoms with E-state index in [4.69, 9.17) is 0 Å². The first-order chi connectivity index (χ1) is 11.0. The Morgan fingerprint density at radius 1 is 1.48 bits per heavy atom. The smallest absolute Gasteiger partial charge is 0.326 e. The highest BCUT2D eigenvalue weighted by Crippen LogP contribution is 2.31. The maximum absolute atomic E-state index is 12.8. The van der Waals surface area contributed by atoms with Crippen LogP contribution in [0.1, 0.15) is 33.4 Å². The molecule has 0 radical (unpaired) electrons. The summed E-state index contributed by atoms with van der Waals surface area (Å²) in [6.45, 7) is 2.16. The predicted molar refractivity (Wildman–Crippen MR) is 88.4 cm³/mol. The van der Waals surface area contributed by atoms with Crippen LogP contribution in [0.4, 0.5) is 0 Å². The summed E-state index contributed by atoms with van der Waals surface area (Å²) in [6, 6.07) is 4.81.